The number of carboxylic acids is 1. The van der Waals surface area contributed by atoms with E-state index in [-0.39, 0.29) is 5.75 Å². The quantitative estimate of drug-likeness (QED) is 0.880. The molecule has 20 heavy (non-hydrogen) atoms. The molecule has 1 heterocycles. The Hall–Kier alpha value is -2.89. The molecule has 1 aromatic heterocycles. The summed E-state index contributed by atoms with van der Waals surface area (Å²) in [5.41, 5.74) is 0.681. The van der Waals surface area contributed by atoms with Gasteiger partial charge in [0.1, 0.15) is 12.3 Å². The molecule has 0 aliphatic carbocycles. The monoisotopic (exact) mass is 272 g/mol. The van der Waals surface area contributed by atoms with Crippen LogP contribution in [0.2, 0.25) is 0 Å². The van der Waals surface area contributed by atoms with E-state index in [2.05, 4.69) is 4.98 Å². The Balaban J connectivity index is 2.35. The van der Waals surface area contributed by atoms with E-state index >= 15 is 0 Å². The Morgan fingerprint density at radius 3 is 2.40 bits per heavy atom. The largest absolute Gasteiger partial charge is 0.508 e. The molecule has 6 heteroatoms. The summed E-state index contributed by atoms with van der Waals surface area (Å²) in [6.07, 6.45) is 2.90. The lowest BCUT2D eigenvalue weighted by molar-refractivity contribution is -0.135. The van der Waals surface area contributed by atoms with Crippen LogP contribution < -0.4 is 4.90 Å². The van der Waals surface area contributed by atoms with Gasteiger partial charge in [-0.1, -0.05) is 0 Å². The van der Waals surface area contributed by atoms with Crippen LogP contribution >= 0.6 is 0 Å². The summed E-state index contributed by atoms with van der Waals surface area (Å²) in [5, 5.41) is 18.2. The standard InChI is InChI=1S/C14H12N2O4/c17-12-5-3-11(4-6-12)16(9-13(18)19)14(20)10-2-1-7-15-8-10/h1-8,17H,9H2,(H,18,19). The second-order valence-electron chi connectivity index (χ2n) is 4.04. The number of carboxylic acid groups (broad SMARTS) is 1. The van der Waals surface area contributed by atoms with Gasteiger partial charge in [0.15, 0.2) is 0 Å². The molecular weight excluding hydrogens is 260 g/mol. The topological polar surface area (TPSA) is 90.7 Å². The highest BCUT2D eigenvalue weighted by Gasteiger charge is 2.20. The minimum atomic E-state index is -1.13. The average molecular weight is 272 g/mol. The predicted molar refractivity (Wildman–Crippen MR) is 71.7 cm³/mol. The lowest BCUT2D eigenvalue weighted by Gasteiger charge is -2.20. The van der Waals surface area contributed by atoms with E-state index in [4.69, 9.17) is 5.11 Å². The van der Waals surface area contributed by atoms with E-state index in [1.807, 2.05) is 0 Å². The van der Waals surface area contributed by atoms with Crippen molar-refractivity contribution in [2.24, 2.45) is 0 Å². The average Bonchev–Trinajstić information content (AvgIpc) is 2.46. The molecule has 1 amide bonds. The number of amides is 1. The molecule has 0 saturated heterocycles. The summed E-state index contributed by atoms with van der Waals surface area (Å²) in [7, 11) is 0. The highest BCUT2D eigenvalue weighted by atomic mass is 16.4. The van der Waals surface area contributed by atoms with Gasteiger partial charge in [-0.05, 0) is 36.4 Å². The van der Waals surface area contributed by atoms with E-state index in [1.165, 1.54) is 36.7 Å². The molecule has 0 aliphatic rings. The van der Waals surface area contributed by atoms with Gasteiger partial charge in [-0.3, -0.25) is 19.5 Å². The van der Waals surface area contributed by atoms with E-state index in [1.54, 1.807) is 12.1 Å². The summed E-state index contributed by atoms with van der Waals surface area (Å²) in [4.78, 5) is 28.2. The Morgan fingerprint density at radius 1 is 1.15 bits per heavy atom. The fourth-order valence-electron chi connectivity index (χ4n) is 1.69. The fraction of sp³-hybridized carbons (Fsp3) is 0.0714. The maximum absolute atomic E-state index is 12.3. The molecule has 0 atom stereocenters. The molecule has 102 valence electrons. The number of aromatic hydroxyl groups is 1. The minimum Gasteiger partial charge on any atom is -0.508 e. The normalized spacial score (nSPS) is 10.0. The Labute approximate surface area is 114 Å². The fourth-order valence-corrected chi connectivity index (χ4v) is 1.69. The Morgan fingerprint density at radius 2 is 1.85 bits per heavy atom. The van der Waals surface area contributed by atoms with Crippen LogP contribution in [0.4, 0.5) is 5.69 Å². The molecule has 0 unspecified atom stereocenters. The van der Waals surface area contributed by atoms with Gasteiger partial charge in [0.05, 0.1) is 5.56 Å². The Kier molecular flexibility index (Phi) is 3.95. The number of benzene rings is 1. The van der Waals surface area contributed by atoms with Crippen molar-refractivity contribution in [3.63, 3.8) is 0 Å². The zero-order chi connectivity index (χ0) is 14.5. The van der Waals surface area contributed by atoms with Gasteiger partial charge in [0.2, 0.25) is 0 Å². The van der Waals surface area contributed by atoms with Crippen LogP contribution in [0.3, 0.4) is 0 Å². The second-order valence-corrected chi connectivity index (χ2v) is 4.04. The number of hydrogen-bond donors (Lipinski definition) is 2. The first-order valence-corrected chi connectivity index (χ1v) is 5.80. The van der Waals surface area contributed by atoms with Crippen LogP contribution in [-0.4, -0.2) is 33.6 Å². The number of hydrogen-bond acceptors (Lipinski definition) is 4. The molecule has 2 rings (SSSR count). The zero-order valence-electron chi connectivity index (χ0n) is 10.4. The molecule has 0 saturated carbocycles. The first-order valence-electron chi connectivity index (χ1n) is 5.80. The van der Waals surface area contributed by atoms with Gasteiger partial charge in [0, 0.05) is 18.1 Å². The predicted octanol–water partition coefficient (Wildman–Crippen LogP) is 1.52. The highest BCUT2D eigenvalue weighted by Crippen LogP contribution is 2.20. The number of anilines is 1. The number of aliphatic carboxylic acids is 1. The van der Waals surface area contributed by atoms with Crippen molar-refractivity contribution in [3.05, 3.63) is 54.4 Å². The van der Waals surface area contributed by atoms with Crippen molar-refractivity contribution in [2.45, 2.75) is 0 Å². The number of carbonyl (C=O) groups excluding carboxylic acids is 1. The van der Waals surface area contributed by atoms with Crippen molar-refractivity contribution < 1.29 is 19.8 Å². The number of rotatable bonds is 4. The summed E-state index contributed by atoms with van der Waals surface area (Å²) < 4.78 is 0. The highest BCUT2D eigenvalue weighted by molar-refractivity contribution is 6.08. The lowest BCUT2D eigenvalue weighted by atomic mass is 10.2. The Bertz CT molecular complexity index is 611. The number of phenols is 1. The molecule has 2 N–H and O–H groups in total. The number of aromatic nitrogens is 1. The van der Waals surface area contributed by atoms with Crippen LogP contribution in [0.5, 0.6) is 5.75 Å². The first kappa shape index (κ1) is 13.5. The van der Waals surface area contributed by atoms with E-state index in [0.29, 0.717) is 11.3 Å². The van der Waals surface area contributed by atoms with Crippen LogP contribution in [0.1, 0.15) is 10.4 Å². The molecule has 0 radical (unpaired) electrons. The van der Waals surface area contributed by atoms with Gasteiger partial charge in [-0.2, -0.15) is 0 Å². The maximum atomic E-state index is 12.3. The third-order valence-corrected chi connectivity index (χ3v) is 2.61. The van der Waals surface area contributed by atoms with Crippen molar-refractivity contribution in [2.75, 3.05) is 11.4 Å². The van der Waals surface area contributed by atoms with E-state index in [9.17, 15) is 14.7 Å². The summed E-state index contributed by atoms with van der Waals surface area (Å²) in [6.45, 7) is -0.474. The number of carbonyl (C=O) groups is 2. The zero-order valence-corrected chi connectivity index (χ0v) is 10.4. The molecule has 1 aromatic carbocycles. The first-order chi connectivity index (χ1) is 9.58. The summed E-state index contributed by atoms with van der Waals surface area (Å²) >= 11 is 0. The molecule has 0 spiro atoms. The SMILES string of the molecule is O=C(O)CN(C(=O)c1cccnc1)c1ccc(O)cc1. The third kappa shape index (κ3) is 3.11. The smallest absolute Gasteiger partial charge is 0.323 e. The number of pyridine rings is 1. The van der Waals surface area contributed by atoms with Crippen LogP contribution in [0, 0.1) is 0 Å². The molecule has 2 aromatic rings. The van der Waals surface area contributed by atoms with E-state index < -0.39 is 18.4 Å². The van der Waals surface area contributed by atoms with Gasteiger partial charge < -0.3 is 10.2 Å². The van der Waals surface area contributed by atoms with Crippen LogP contribution in [-0.2, 0) is 4.79 Å². The molecule has 6 nitrogen and oxygen atoms in total. The van der Waals surface area contributed by atoms with Crippen molar-refractivity contribution in [1.29, 1.82) is 0 Å². The van der Waals surface area contributed by atoms with Gasteiger partial charge in [0.25, 0.3) is 5.91 Å². The third-order valence-electron chi connectivity index (χ3n) is 2.61. The van der Waals surface area contributed by atoms with Crippen molar-refractivity contribution >= 4 is 17.6 Å². The molecule has 0 fully saturated rings. The summed E-state index contributed by atoms with van der Waals surface area (Å²) in [5.74, 6) is -1.56. The van der Waals surface area contributed by atoms with Crippen LogP contribution in [0.15, 0.2) is 48.8 Å². The lowest BCUT2D eigenvalue weighted by Crippen LogP contribution is -2.35. The summed E-state index contributed by atoms with van der Waals surface area (Å²) in [6, 6.07) is 8.90. The number of phenolic OH excluding ortho intramolecular Hbond substituents is 1. The second kappa shape index (κ2) is 5.83. The van der Waals surface area contributed by atoms with Gasteiger partial charge in [-0.15, -0.1) is 0 Å². The van der Waals surface area contributed by atoms with Crippen molar-refractivity contribution in [1.82, 2.24) is 4.98 Å². The number of nitrogens with zero attached hydrogens (tertiary/aromatic N) is 2. The maximum Gasteiger partial charge on any atom is 0.323 e. The van der Waals surface area contributed by atoms with E-state index in [0.717, 1.165) is 4.90 Å². The molecule has 0 aliphatic heterocycles. The molecular formula is C14H12N2O4. The van der Waals surface area contributed by atoms with Crippen LogP contribution in [0.25, 0.3) is 0 Å². The van der Waals surface area contributed by atoms with Crippen molar-refractivity contribution in [3.8, 4) is 5.75 Å². The molecule has 0 bridgehead atoms. The van der Waals surface area contributed by atoms with Gasteiger partial charge >= 0.3 is 5.97 Å². The van der Waals surface area contributed by atoms with Gasteiger partial charge in [-0.25, -0.2) is 0 Å². The minimum absolute atomic E-state index is 0.0397.